The maximum Gasteiger partial charge on any atom is 0.237 e. The van der Waals surface area contributed by atoms with E-state index >= 15 is 0 Å². The summed E-state index contributed by atoms with van der Waals surface area (Å²) in [5.41, 5.74) is 3.35. The molecule has 2 heterocycles. The molecule has 6 nitrogen and oxygen atoms in total. The molecule has 4 aromatic rings. The first-order valence-electron chi connectivity index (χ1n) is 8.34. The van der Waals surface area contributed by atoms with Crippen LogP contribution in [-0.4, -0.2) is 49.8 Å². The van der Waals surface area contributed by atoms with E-state index in [1.165, 1.54) is 17.3 Å². The number of carbonyl (C=O) groups excluding carboxylic acids is 1. The number of para-hydroxylation sites is 2. The fourth-order valence-corrected chi connectivity index (χ4v) is 3.83. The van der Waals surface area contributed by atoms with E-state index in [9.17, 15) is 4.79 Å². The first kappa shape index (κ1) is 16.7. The fourth-order valence-electron chi connectivity index (χ4n) is 2.91. The summed E-state index contributed by atoms with van der Waals surface area (Å²) in [4.78, 5) is 13.5. The molecule has 0 radical (unpaired) electrons. The van der Waals surface area contributed by atoms with E-state index in [4.69, 9.17) is 0 Å². The van der Waals surface area contributed by atoms with Crippen molar-refractivity contribution in [1.82, 2.24) is 24.1 Å². The standard InChI is InChI=1S/C19H19N5OS/c1-22(2)17(25)13-26-19-21-20-18-23(12-14-8-4-3-5-9-14)15-10-6-7-11-16(15)24(18)19/h3-11H,12-13H2,1-2H3. The Bertz CT molecular complexity index is 1070. The first-order chi connectivity index (χ1) is 12.6. The molecule has 26 heavy (non-hydrogen) atoms. The smallest absolute Gasteiger partial charge is 0.237 e. The minimum Gasteiger partial charge on any atom is -0.348 e. The lowest BCUT2D eigenvalue weighted by atomic mass is 10.2. The first-order valence-corrected chi connectivity index (χ1v) is 9.33. The van der Waals surface area contributed by atoms with Crippen molar-refractivity contribution in [2.45, 2.75) is 11.7 Å². The third-order valence-corrected chi connectivity index (χ3v) is 5.19. The number of fused-ring (bicyclic) bond motifs is 3. The lowest BCUT2D eigenvalue weighted by Crippen LogP contribution is -2.23. The summed E-state index contributed by atoms with van der Waals surface area (Å²) >= 11 is 1.41. The Hall–Kier alpha value is -2.80. The summed E-state index contributed by atoms with van der Waals surface area (Å²) in [7, 11) is 3.52. The molecule has 0 saturated heterocycles. The van der Waals surface area contributed by atoms with Gasteiger partial charge in [-0.15, -0.1) is 10.2 Å². The van der Waals surface area contributed by atoms with Gasteiger partial charge in [-0.1, -0.05) is 54.2 Å². The van der Waals surface area contributed by atoms with Crippen molar-refractivity contribution in [2.75, 3.05) is 19.8 Å². The van der Waals surface area contributed by atoms with E-state index in [2.05, 4.69) is 39.0 Å². The molecule has 0 unspecified atom stereocenters. The van der Waals surface area contributed by atoms with Crippen LogP contribution in [0.25, 0.3) is 16.8 Å². The van der Waals surface area contributed by atoms with Crippen molar-refractivity contribution >= 4 is 34.5 Å². The van der Waals surface area contributed by atoms with Gasteiger partial charge in [-0.3, -0.25) is 9.20 Å². The van der Waals surface area contributed by atoms with Crippen LogP contribution >= 0.6 is 11.8 Å². The van der Waals surface area contributed by atoms with Gasteiger partial charge in [-0.05, 0) is 17.7 Å². The summed E-state index contributed by atoms with van der Waals surface area (Å²) in [5.74, 6) is 1.18. The monoisotopic (exact) mass is 365 g/mol. The molecule has 0 aliphatic carbocycles. The SMILES string of the molecule is CN(C)C(=O)CSc1nnc2n(Cc3ccccc3)c3ccccc3n12. The molecule has 0 aliphatic rings. The van der Waals surface area contributed by atoms with E-state index in [1.807, 2.05) is 34.7 Å². The molecule has 0 N–H and O–H groups in total. The van der Waals surface area contributed by atoms with Crippen LogP contribution in [0, 0.1) is 0 Å². The number of rotatable bonds is 5. The Kier molecular flexibility index (Phi) is 4.38. The Balaban J connectivity index is 1.78. The number of benzene rings is 2. The number of imidazole rings is 1. The van der Waals surface area contributed by atoms with Gasteiger partial charge >= 0.3 is 0 Å². The van der Waals surface area contributed by atoms with Crippen molar-refractivity contribution in [3.05, 3.63) is 60.2 Å². The quantitative estimate of drug-likeness (QED) is 0.510. The minimum absolute atomic E-state index is 0.0553. The molecule has 0 aliphatic heterocycles. The summed E-state index contributed by atoms with van der Waals surface area (Å²) in [6.07, 6.45) is 0. The molecular formula is C19H19N5OS. The minimum atomic E-state index is 0.0553. The van der Waals surface area contributed by atoms with Gasteiger partial charge in [0.25, 0.3) is 0 Å². The largest absolute Gasteiger partial charge is 0.348 e. The predicted octanol–water partition coefficient (Wildman–Crippen LogP) is 2.91. The Morgan fingerprint density at radius 1 is 1.00 bits per heavy atom. The van der Waals surface area contributed by atoms with Gasteiger partial charge in [0.05, 0.1) is 23.3 Å². The second-order valence-electron chi connectivity index (χ2n) is 6.26. The molecule has 2 aromatic heterocycles. The second kappa shape index (κ2) is 6.84. The lowest BCUT2D eigenvalue weighted by Gasteiger charge is -2.08. The van der Waals surface area contributed by atoms with Crippen LogP contribution in [0.2, 0.25) is 0 Å². The summed E-state index contributed by atoms with van der Waals surface area (Å²) in [6.45, 7) is 0.720. The van der Waals surface area contributed by atoms with Crippen LogP contribution < -0.4 is 0 Å². The molecule has 4 rings (SSSR count). The number of carbonyl (C=O) groups is 1. The van der Waals surface area contributed by atoms with Gasteiger partial charge in [-0.2, -0.15) is 0 Å². The normalized spacial score (nSPS) is 11.3. The molecule has 0 bridgehead atoms. The van der Waals surface area contributed by atoms with Gasteiger partial charge in [0.2, 0.25) is 11.7 Å². The van der Waals surface area contributed by atoms with Gasteiger partial charge < -0.3 is 9.47 Å². The van der Waals surface area contributed by atoms with Crippen LogP contribution in [0.3, 0.4) is 0 Å². The highest BCUT2D eigenvalue weighted by molar-refractivity contribution is 7.99. The summed E-state index contributed by atoms with van der Waals surface area (Å²) in [6, 6.07) is 18.5. The zero-order valence-electron chi connectivity index (χ0n) is 14.7. The molecule has 0 spiro atoms. The zero-order valence-corrected chi connectivity index (χ0v) is 15.5. The third kappa shape index (κ3) is 2.94. The van der Waals surface area contributed by atoms with Crippen LogP contribution in [0.1, 0.15) is 5.56 Å². The van der Waals surface area contributed by atoms with Crippen LogP contribution in [0.15, 0.2) is 59.8 Å². The molecule has 132 valence electrons. The topological polar surface area (TPSA) is 55.4 Å². The highest BCUT2D eigenvalue weighted by Gasteiger charge is 2.18. The Morgan fingerprint density at radius 3 is 2.42 bits per heavy atom. The molecule has 0 fully saturated rings. The van der Waals surface area contributed by atoms with Crippen molar-refractivity contribution in [3.8, 4) is 0 Å². The van der Waals surface area contributed by atoms with E-state index in [-0.39, 0.29) is 5.91 Å². The van der Waals surface area contributed by atoms with E-state index in [1.54, 1.807) is 19.0 Å². The van der Waals surface area contributed by atoms with Crippen molar-refractivity contribution in [1.29, 1.82) is 0 Å². The Morgan fingerprint density at radius 2 is 1.69 bits per heavy atom. The van der Waals surface area contributed by atoms with E-state index in [0.717, 1.165) is 28.5 Å². The van der Waals surface area contributed by atoms with Crippen molar-refractivity contribution < 1.29 is 4.79 Å². The highest BCUT2D eigenvalue weighted by Crippen LogP contribution is 2.26. The maximum absolute atomic E-state index is 11.9. The molecular weight excluding hydrogens is 346 g/mol. The molecule has 0 atom stereocenters. The zero-order chi connectivity index (χ0) is 18.1. The number of hydrogen-bond donors (Lipinski definition) is 0. The van der Waals surface area contributed by atoms with Crippen molar-refractivity contribution in [3.63, 3.8) is 0 Å². The van der Waals surface area contributed by atoms with Crippen LogP contribution in [-0.2, 0) is 11.3 Å². The number of nitrogens with zero attached hydrogens (tertiary/aromatic N) is 5. The predicted molar refractivity (Wildman–Crippen MR) is 103 cm³/mol. The molecule has 1 amide bonds. The van der Waals surface area contributed by atoms with E-state index in [0.29, 0.717) is 5.75 Å². The van der Waals surface area contributed by atoms with Crippen LogP contribution in [0.4, 0.5) is 0 Å². The van der Waals surface area contributed by atoms with E-state index < -0.39 is 0 Å². The second-order valence-corrected chi connectivity index (χ2v) is 7.20. The van der Waals surface area contributed by atoms with Gasteiger partial charge in [-0.25, -0.2) is 0 Å². The highest BCUT2D eigenvalue weighted by atomic mass is 32.2. The summed E-state index contributed by atoms with van der Waals surface area (Å²) in [5, 5.41) is 9.46. The third-order valence-electron chi connectivity index (χ3n) is 4.28. The number of amides is 1. The molecule has 7 heteroatoms. The van der Waals surface area contributed by atoms with Gasteiger partial charge in [0, 0.05) is 14.1 Å². The van der Waals surface area contributed by atoms with Gasteiger partial charge in [0.1, 0.15) is 0 Å². The molecule has 2 aromatic carbocycles. The average Bonchev–Trinajstić information content (AvgIpc) is 3.20. The lowest BCUT2D eigenvalue weighted by molar-refractivity contribution is -0.125. The fraction of sp³-hybridized carbons (Fsp3) is 0.211. The van der Waals surface area contributed by atoms with Crippen LogP contribution in [0.5, 0.6) is 0 Å². The number of aromatic nitrogens is 4. The summed E-state index contributed by atoms with van der Waals surface area (Å²) < 4.78 is 4.20. The van der Waals surface area contributed by atoms with Crippen molar-refractivity contribution in [2.24, 2.45) is 0 Å². The number of hydrogen-bond acceptors (Lipinski definition) is 4. The Labute approximate surface area is 155 Å². The number of thioether (sulfide) groups is 1. The maximum atomic E-state index is 11.9. The average molecular weight is 365 g/mol. The molecule has 0 saturated carbocycles. The van der Waals surface area contributed by atoms with Gasteiger partial charge in [0.15, 0.2) is 5.16 Å².